The Bertz CT molecular complexity index is 1430. The summed E-state index contributed by atoms with van der Waals surface area (Å²) in [5.74, 6) is 0.347. The number of pyridine rings is 1. The van der Waals surface area contributed by atoms with E-state index in [0.717, 1.165) is 34.5 Å². The van der Waals surface area contributed by atoms with E-state index >= 15 is 0 Å². The summed E-state index contributed by atoms with van der Waals surface area (Å²) in [7, 11) is -1.42. The second-order valence-corrected chi connectivity index (χ2v) is 9.91. The molecular formula is C23H23F4N3O2S. The first-order valence-corrected chi connectivity index (χ1v) is 11.7. The maximum Gasteiger partial charge on any atom is 0.426 e. The number of hydrogen-bond donors (Lipinski definition) is 0. The molecule has 3 aromatic heterocycles. The minimum atomic E-state index is -5.08. The third kappa shape index (κ3) is 3.46. The van der Waals surface area contributed by atoms with Crippen molar-refractivity contribution in [3.63, 3.8) is 0 Å². The minimum absolute atomic E-state index is 0.0179. The molecule has 0 fully saturated rings. The van der Waals surface area contributed by atoms with E-state index in [9.17, 15) is 21.8 Å². The van der Waals surface area contributed by atoms with Crippen molar-refractivity contribution in [1.82, 2.24) is 14.6 Å². The van der Waals surface area contributed by atoms with Crippen molar-refractivity contribution < 1.29 is 26.2 Å². The molecule has 4 aromatic rings. The molecule has 1 aromatic carbocycles. The van der Waals surface area contributed by atoms with Crippen LogP contribution in [-0.4, -0.2) is 30.7 Å². The lowest BCUT2D eigenvalue weighted by atomic mass is 9.97. The maximum atomic E-state index is 14.5. The highest BCUT2D eigenvalue weighted by atomic mass is 32.2. The van der Waals surface area contributed by atoms with Crippen LogP contribution in [-0.2, 0) is 16.5 Å². The van der Waals surface area contributed by atoms with Gasteiger partial charge in [0.15, 0.2) is 11.3 Å². The van der Waals surface area contributed by atoms with Crippen molar-refractivity contribution in [3.8, 4) is 11.6 Å². The van der Waals surface area contributed by atoms with E-state index in [1.54, 1.807) is 11.4 Å². The molecule has 3 heterocycles. The summed E-state index contributed by atoms with van der Waals surface area (Å²) in [6.45, 7) is 10.0. The van der Waals surface area contributed by atoms with Crippen LogP contribution in [0.25, 0.3) is 28.2 Å². The molecular weight excluding hydrogens is 458 g/mol. The fourth-order valence-electron chi connectivity index (χ4n) is 3.85. The van der Waals surface area contributed by atoms with Gasteiger partial charge in [0.1, 0.15) is 5.52 Å². The van der Waals surface area contributed by atoms with Crippen molar-refractivity contribution in [1.29, 1.82) is 0 Å². The molecule has 0 saturated carbocycles. The molecule has 0 saturated heterocycles. The monoisotopic (exact) mass is 481 g/mol. The lowest BCUT2D eigenvalue weighted by molar-refractivity contribution is -0.228. The standard InChI is InChI=1S/C23H23F4N3O2S/c1-7-33(31)20-18(29-30-14(5)12(3)11(2)13(4)19(20)30)21-28-16-10-15(8-9-17(16)32-21)22(6,24)23(25,26)27/h8-10H,7H2,1-6H3. The first-order chi connectivity index (χ1) is 15.3. The van der Waals surface area contributed by atoms with Gasteiger partial charge in [0.25, 0.3) is 0 Å². The van der Waals surface area contributed by atoms with Gasteiger partial charge in [-0.05, 0) is 63.4 Å². The number of fused-ring (bicyclic) bond motifs is 2. The Labute approximate surface area is 190 Å². The predicted molar refractivity (Wildman–Crippen MR) is 119 cm³/mol. The Hall–Kier alpha value is -2.75. The molecule has 2 unspecified atom stereocenters. The van der Waals surface area contributed by atoms with Gasteiger partial charge in [-0.15, -0.1) is 0 Å². The molecule has 2 atom stereocenters. The van der Waals surface area contributed by atoms with Crippen molar-refractivity contribution in [2.45, 2.75) is 58.3 Å². The molecule has 0 N–H and O–H groups in total. The molecule has 0 bridgehead atoms. The summed E-state index contributed by atoms with van der Waals surface area (Å²) in [4.78, 5) is 4.76. The SMILES string of the molecule is CCS(=O)c1c(-c2nc3cc(C(C)(F)C(F)(F)F)ccc3o2)nn2c(C)c(C)c(C)c(C)c12. The average molecular weight is 482 g/mol. The van der Waals surface area contributed by atoms with E-state index in [4.69, 9.17) is 4.42 Å². The van der Waals surface area contributed by atoms with E-state index in [1.165, 1.54) is 6.07 Å². The molecule has 33 heavy (non-hydrogen) atoms. The topological polar surface area (TPSA) is 60.4 Å². The Balaban J connectivity index is 1.99. The van der Waals surface area contributed by atoms with Crippen LogP contribution in [0, 0.1) is 27.7 Å². The summed E-state index contributed by atoms with van der Waals surface area (Å²) in [6.07, 6.45) is -5.08. The number of nitrogens with zero attached hydrogens (tertiary/aromatic N) is 3. The van der Waals surface area contributed by atoms with E-state index < -0.39 is 28.2 Å². The van der Waals surface area contributed by atoms with E-state index in [1.807, 2.05) is 27.7 Å². The second-order valence-electron chi connectivity index (χ2n) is 8.23. The van der Waals surface area contributed by atoms with Gasteiger partial charge < -0.3 is 4.42 Å². The van der Waals surface area contributed by atoms with Crippen LogP contribution in [0.2, 0.25) is 0 Å². The largest absolute Gasteiger partial charge is 0.435 e. The normalized spacial score (nSPS) is 15.3. The molecule has 0 aliphatic rings. The quantitative estimate of drug-likeness (QED) is 0.323. The van der Waals surface area contributed by atoms with Gasteiger partial charge in [-0.25, -0.2) is 13.9 Å². The number of halogens is 4. The van der Waals surface area contributed by atoms with Crippen LogP contribution in [0.1, 0.15) is 41.8 Å². The highest BCUT2D eigenvalue weighted by molar-refractivity contribution is 7.85. The third-order valence-corrected chi connectivity index (χ3v) is 7.70. The molecule has 5 nitrogen and oxygen atoms in total. The molecule has 0 aliphatic heterocycles. The smallest absolute Gasteiger partial charge is 0.426 e. The van der Waals surface area contributed by atoms with E-state index in [2.05, 4.69) is 10.1 Å². The molecule has 176 valence electrons. The predicted octanol–water partition coefficient (Wildman–Crippen LogP) is 6.25. The summed E-state index contributed by atoms with van der Waals surface area (Å²) >= 11 is 0. The van der Waals surface area contributed by atoms with Gasteiger partial charge in [-0.1, -0.05) is 13.0 Å². The van der Waals surface area contributed by atoms with E-state index in [0.29, 0.717) is 23.1 Å². The number of benzene rings is 1. The van der Waals surface area contributed by atoms with Gasteiger partial charge >= 0.3 is 6.18 Å². The maximum absolute atomic E-state index is 14.5. The van der Waals surface area contributed by atoms with Crippen LogP contribution >= 0.6 is 0 Å². The van der Waals surface area contributed by atoms with Gasteiger partial charge in [0.05, 0.1) is 21.2 Å². The zero-order valence-corrected chi connectivity index (χ0v) is 19.8. The van der Waals surface area contributed by atoms with Crippen LogP contribution in [0.5, 0.6) is 0 Å². The Morgan fingerprint density at radius 3 is 2.33 bits per heavy atom. The molecule has 4 rings (SSSR count). The van der Waals surface area contributed by atoms with Crippen molar-refractivity contribution in [2.24, 2.45) is 0 Å². The van der Waals surface area contributed by atoms with Crippen LogP contribution in [0.3, 0.4) is 0 Å². The lowest BCUT2D eigenvalue weighted by Crippen LogP contribution is -2.34. The number of oxazole rings is 1. The minimum Gasteiger partial charge on any atom is -0.435 e. The fourth-order valence-corrected chi connectivity index (χ4v) is 4.94. The number of aryl methyl sites for hydroxylation is 2. The molecule has 0 radical (unpaired) electrons. The van der Waals surface area contributed by atoms with Crippen molar-refractivity contribution in [3.05, 3.63) is 46.1 Å². The first kappa shape index (κ1) is 23.4. The zero-order chi connectivity index (χ0) is 24.5. The number of alkyl halides is 4. The summed E-state index contributed by atoms with van der Waals surface area (Å²) in [5, 5.41) is 4.63. The van der Waals surface area contributed by atoms with Crippen LogP contribution in [0.4, 0.5) is 17.6 Å². The highest BCUT2D eigenvalue weighted by Gasteiger charge is 2.53. The van der Waals surface area contributed by atoms with Gasteiger partial charge in [-0.2, -0.15) is 18.3 Å². The first-order valence-electron chi connectivity index (χ1n) is 10.3. The van der Waals surface area contributed by atoms with Crippen molar-refractivity contribution in [2.75, 3.05) is 5.75 Å². The van der Waals surface area contributed by atoms with Gasteiger partial charge in [0, 0.05) is 17.0 Å². The summed E-state index contributed by atoms with van der Waals surface area (Å²) < 4.78 is 74.5. The highest BCUT2D eigenvalue weighted by Crippen LogP contribution is 2.43. The fraction of sp³-hybridized carbons (Fsp3) is 0.391. The van der Waals surface area contributed by atoms with Crippen LogP contribution < -0.4 is 0 Å². The Morgan fingerprint density at radius 2 is 1.73 bits per heavy atom. The lowest BCUT2D eigenvalue weighted by Gasteiger charge is -2.23. The summed E-state index contributed by atoms with van der Waals surface area (Å²) in [6, 6.07) is 3.30. The number of hydrogen-bond acceptors (Lipinski definition) is 4. The molecule has 0 amide bonds. The summed E-state index contributed by atoms with van der Waals surface area (Å²) in [5.41, 5.74) is 0.951. The molecule has 0 aliphatic carbocycles. The van der Waals surface area contributed by atoms with Gasteiger partial charge in [0.2, 0.25) is 11.6 Å². The number of aromatic nitrogens is 3. The Morgan fingerprint density at radius 1 is 1.06 bits per heavy atom. The molecule has 10 heteroatoms. The van der Waals surface area contributed by atoms with Gasteiger partial charge in [-0.3, -0.25) is 4.21 Å². The average Bonchev–Trinajstić information content (AvgIpc) is 3.36. The zero-order valence-electron chi connectivity index (χ0n) is 19.0. The second kappa shape index (κ2) is 7.65. The van der Waals surface area contributed by atoms with E-state index in [-0.39, 0.29) is 22.7 Å². The third-order valence-electron chi connectivity index (χ3n) is 6.34. The Kier molecular flexibility index (Phi) is 5.42. The number of rotatable bonds is 4. The van der Waals surface area contributed by atoms with Crippen molar-refractivity contribution >= 4 is 27.4 Å². The van der Waals surface area contributed by atoms with Crippen LogP contribution in [0.15, 0.2) is 27.5 Å². The molecule has 0 spiro atoms.